The Morgan fingerprint density at radius 3 is 3.06 bits per heavy atom. The van der Waals surface area contributed by atoms with Gasteiger partial charge in [-0.3, -0.25) is 14.7 Å². The number of H-pyrrole nitrogens is 1. The van der Waals surface area contributed by atoms with Crippen LogP contribution in [0.3, 0.4) is 0 Å². The van der Waals surface area contributed by atoms with Gasteiger partial charge in [-0.1, -0.05) is 12.1 Å². The van der Waals surface area contributed by atoms with Crippen molar-refractivity contribution in [1.29, 1.82) is 0 Å². The predicted molar refractivity (Wildman–Crippen MR) is 112 cm³/mol. The van der Waals surface area contributed by atoms with E-state index in [1.54, 1.807) is 12.0 Å². The number of amides is 2. The van der Waals surface area contributed by atoms with E-state index in [1.807, 2.05) is 47.2 Å². The van der Waals surface area contributed by atoms with Crippen LogP contribution in [0.15, 0.2) is 42.6 Å². The summed E-state index contributed by atoms with van der Waals surface area (Å²) in [5.41, 5.74) is 3.37. The van der Waals surface area contributed by atoms with E-state index in [-0.39, 0.29) is 24.5 Å². The fourth-order valence-corrected chi connectivity index (χ4v) is 4.21. The molecule has 0 bridgehead atoms. The third-order valence-electron chi connectivity index (χ3n) is 5.80. The number of benzene rings is 1. The van der Waals surface area contributed by atoms with E-state index in [9.17, 15) is 9.59 Å². The number of nitrogens with one attached hydrogen (secondary N) is 2. The van der Waals surface area contributed by atoms with Crippen molar-refractivity contribution in [3.05, 3.63) is 59.5 Å². The molecule has 0 spiro atoms. The van der Waals surface area contributed by atoms with Crippen LogP contribution in [0.4, 0.5) is 0 Å². The van der Waals surface area contributed by atoms with E-state index in [1.165, 1.54) is 0 Å². The van der Waals surface area contributed by atoms with Gasteiger partial charge in [0, 0.05) is 44.1 Å². The van der Waals surface area contributed by atoms with E-state index in [0.29, 0.717) is 37.6 Å². The van der Waals surface area contributed by atoms with Gasteiger partial charge in [0.2, 0.25) is 0 Å². The number of para-hydroxylation sites is 1. The first-order chi connectivity index (χ1) is 15.2. The maximum Gasteiger partial charge on any atom is 0.270 e. The molecule has 0 saturated heterocycles. The maximum absolute atomic E-state index is 13.0. The highest BCUT2D eigenvalue weighted by molar-refractivity contribution is 5.96. The topological polar surface area (TPSA) is 101 Å². The fourth-order valence-electron chi connectivity index (χ4n) is 4.21. The summed E-state index contributed by atoms with van der Waals surface area (Å²) < 4.78 is 12.9. The zero-order valence-corrected chi connectivity index (χ0v) is 17.1. The first kappa shape index (κ1) is 19.4. The minimum atomic E-state index is -0.269. The molecule has 2 amide bonds. The number of ether oxygens (including phenoxy) is 2. The molecule has 9 heteroatoms. The molecular formula is C22H23N5O4. The van der Waals surface area contributed by atoms with Gasteiger partial charge in [0.1, 0.15) is 29.4 Å². The molecule has 0 saturated carbocycles. The Morgan fingerprint density at radius 1 is 1.32 bits per heavy atom. The summed E-state index contributed by atoms with van der Waals surface area (Å²) in [5.74, 6) is 0.427. The second kappa shape index (κ2) is 7.92. The summed E-state index contributed by atoms with van der Waals surface area (Å²) in [6.07, 6.45) is 1.88. The van der Waals surface area contributed by atoms with Crippen LogP contribution in [0.1, 0.15) is 26.5 Å². The number of methoxy groups -OCH3 is 1. The Morgan fingerprint density at radius 2 is 2.19 bits per heavy atom. The Balaban J connectivity index is 1.33. The highest BCUT2D eigenvalue weighted by Gasteiger charge is 2.33. The molecule has 3 aromatic rings. The SMILES string of the molecule is COCCN1C(=O)c2cccn2CC1CNC(=O)c1[nH]nc2c1COc1ccccc1-2. The largest absolute Gasteiger partial charge is 0.488 e. The van der Waals surface area contributed by atoms with E-state index in [2.05, 4.69) is 15.5 Å². The minimum absolute atomic E-state index is 0.0588. The van der Waals surface area contributed by atoms with Gasteiger partial charge in [-0.15, -0.1) is 0 Å². The van der Waals surface area contributed by atoms with Crippen LogP contribution in [0.25, 0.3) is 11.3 Å². The van der Waals surface area contributed by atoms with Crippen LogP contribution in [0, 0.1) is 0 Å². The van der Waals surface area contributed by atoms with Crippen molar-refractivity contribution in [2.45, 2.75) is 19.2 Å². The molecule has 1 atom stereocenters. The van der Waals surface area contributed by atoms with Crippen molar-refractivity contribution in [2.24, 2.45) is 0 Å². The molecular weight excluding hydrogens is 398 g/mol. The van der Waals surface area contributed by atoms with Crippen LogP contribution < -0.4 is 10.1 Å². The number of aromatic nitrogens is 3. The maximum atomic E-state index is 13.0. The van der Waals surface area contributed by atoms with E-state index in [0.717, 1.165) is 22.6 Å². The predicted octanol–water partition coefficient (Wildman–Crippen LogP) is 1.67. The molecule has 2 aromatic heterocycles. The molecule has 9 nitrogen and oxygen atoms in total. The van der Waals surface area contributed by atoms with Crippen molar-refractivity contribution >= 4 is 11.8 Å². The fraction of sp³-hybridized carbons (Fsp3) is 0.318. The zero-order chi connectivity index (χ0) is 21.4. The molecule has 2 aliphatic heterocycles. The summed E-state index contributed by atoms with van der Waals surface area (Å²) >= 11 is 0. The van der Waals surface area contributed by atoms with Gasteiger partial charge < -0.3 is 24.3 Å². The summed E-state index contributed by atoms with van der Waals surface area (Å²) in [6.45, 7) is 2.10. The van der Waals surface area contributed by atoms with Crippen LogP contribution in [-0.2, 0) is 17.9 Å². The molecule has 4 heterocycles. The van der Waals surface area contributed by atoms with Crippen molar-refractivity contribution in [3.63, 3.8) is 0 Å². The van der Waals surface area contributed by atoms with Gasteiger partial charge in [0.05, 0.1) is 12.6 Å². The second-order valence-electron chi connectivity index (χ2n) is 7.61. The Kier molecular flexibility index (Phi) is 4.95. The number of hydrogen-bond donors (Lipinski definition) is 2. The number of fused-ring (bicyclic) bond motifs is 4. The monoisotopic (exact) mass is 421 g/mol. The van der Waals surface area contributed by atoms with E-state index < -0.39 is 0 Å². The zero-order valence-electron chi connectivity index (χ0n) is 17.1. The van der Waals surface area contributed by atoms with Crippen LogP contribution >= 0.6 is 0 Å². The van der Waals surface area contributed by atoms with Crippen LogP contribution in [0.5, 0.6) is 5.75 Å². The lowest BCUT2D eigenvalue weighted by Crippen LogP contribution is -2.53. The number of rotatable bonds is 6. The van der Waals surface area contributed by atoms with Crippen LogP contribution in [0.2, 0.25) is 0 Å². The van der Waals surface area contributed by atoms with Gasteiger partial charge in [0.25, 0.3) is 11.8 Å². The molecule has 5 rings (SSSR count). The lowest BCUT2D eigenvalue weighted by Gasteiger charge is -2.36. The molecule has 2 aliphatic rings. The number of carbonyl (C=O) groups excluding carboxylic acids is 2. The lowest BCUT2D eigenvalue weighted by molar-refractivity contribution is 0.0504. The van der Waals surface area contributed by atoms with Crippen molar-refractivity contribution in [3.8, 4) is 17.0 Å². The van der Waals surface area contributed by atoms with Crippen LogP contribution in [-0.4, -0.2) is 64.3 Å². The van der Waals surface area contributed by atoms with E-state index in [4.69, 9.17) is 9.47 Å². The Hall–Kier alpha value is -3.59. The summed E-state index contributed by atoms with van der Waals surface area (Å²) in [5, 5.41) is 10.2. The molecule has 0 fully saturated rings. The van der Waals surface area contributed by atoms with Gasteiger partial charge in [-0.25, -0.2) is 0 Å². The molecule has 1 aromatic carbocycles. The third kappa shape index (κ3) is 3.36. The molecule has 1 unspecified atom stereocenters. The highest BCUT2D eigenvalue weighted by atomic mass is 16.5. The van der Waals surface area contributed by atoms with E-state index >= 15 is 0 Å². The summed E-state index contributed by atoms with van der Waals surface area (Å²) in [7, 11) is 1.61. The van der Waals surface area contributed by atoms with Gasteiger partial charge in [-0.2, -0.15) is 5.10 Å². The smallest absolute Gasteiger partial charge is 0.270 e. The molecule has 160 valence electrons. The molecule has 0 aliphatic carbocycles. The average molecular weight is 421 g/mol. The third-order valence-corrected chi connectivity index (χ3v) is 5.80. The summed E-state index contributed by atoms with van der Waals surface area (Å²) in [4.78, 5) is 27.6. The molecule has 31 heavy (non-hydrogen) atoms. The first-order valence-electron chi connectivity index (χ1n) is 10.2. The average Bonchev–Trinajstić information content (AvgIpc) is 3.44. The first-order valence-corrected chi connectivity index (χ1v) is 10.2. The van der Waals surface area contributed by atoms with Crippen molar-refractivity contribution < 1.29 is 19.1 Å². The number of carbonyl (C=O) groups is 2. The normalized spacial score (nSPS) is 16.9. The lowest BCUT2D eigenvalue weighted by atomic mass is 10.0. The number of aromatic amines is 1. The van der Waals surface area contributed by atoms with Gasteiger partial charge >= 0.3 is 0 Å². The highest BCUT2D eigenvalue weighted by Crippen LogP contribution is 2.36. The van der Waals surface area contributed by atoms with Crippen molar-refractivity contribution in [1.82, 2.24) is 25.0 Å². The number of hydrogen-bond acceptors (Lipinski definition) is 5. The second-order valence-corrected chi connectivity index (χ2v) is 7.61. The minimum Gasteiger partial charge on any atom is -0.488 e. The Bertz CT molecular complexity index is 1130. The van der Waals surface area contributed by atoms with Crippen molar-refractivity contribution in [2.75, 3.05) is 26.8 Å². The van der Waals surface area contributed by atoms with Gasteiger partial charge in [0.15, 0.2) is 0 Å². The van der Waals surface area contributed by atoms with Gasteiger partial charge in [-0.05, 0) is 24.3 Å². The molecule has 2 N–H and O–H groups in total. The molecule has 0 radical (unpaired) electrons. The summed E-state index contributed by atoms with van der Waals surface area (Å²) in [6, 6.07) is 11.1. The Labute approximate surface area is 178 Å². The standard InChI is InChI=1S/C22H23N5O4/c1-30-10-9-27-14(12-26-8-4-6-17(26)22(27)29)11-23-21(28)20-16-13-31-18-7-3-2-5-15(18)19(16)24-25-20/h2-8,14H,9-13H2,1H3,(H,23,28)(H,24,25). The number of nitrogens with zero attached hydrogens (tertiary/aromatic N) is 3. The quantitative estimate of drug-likeness (QED) is 0.631.